The van der Waals surface area contributed by atoms with E-state index in [1.165, 1.54) is 12.5 Å². The van der Waals surface area contributed by atoms with E-state index >= 15 is 0 Å². The van der Waals surface area contributed by atoms with Gasteiger partial charge in [0.2, 0.25) is 0 Å². The van der Waals surface area contributed by atoms with Gasteiger partial charge in [-0.1, -0.05) is 6.42 Å². The van der Waals surface area contributed by atoms with E-state index in [1.54, 1.807) is 12.1 Å². The van der Waals surface area contributed by atoms with Gasteiger partial charge in [0.25, 0.3) is 5.91 Å². The molecule has 5 rings (SSSR count). The molecule has 3 heterocycles. The third-order valence-electron chi connectivity index (χ3n) is 5.49. The van der Waals surface area contributed by atoms with E-state index in [0.29, 0.717) is 22.3 Å². The molecule has 0 bridgehead atoms. The zero-order valence-corrected chi connectivity index (χ0v) is 16.6. The molecule has 2 aromatic heterocycles. The lowest BCUT2D eigenvalue weighted by atomic mass is 10.1. The summed E-state index contributed by atoms with van der Waals surface area (Å²) in [6.07, 6.45) is 4.41. The number of nitrogens with zero attached hydrogens (tertiary/aromatic N) is 3. The summed E-state index contributed by atoms with van der Waals surface area (Å²) in [6, 6.07) is 12.2. The van der Waals surface area contributed by atoms with E-state index in [-0.39, 0.29) is 5.91 Å². The van der Waals surface area contributed by atoms with Crippen molar-refractivity contribution in [3.63, 3.8) is 0 Å². The summed E-state index contributed by atoms with van der Waals surface area (Å²) in [5.74, 6) is 1.56. The number of H-pyrrole nitrogens is 2. The number of aromatic nitrogens is 5. The van der Waals surface area contributed by atoms with E-state index in [1.807, 2.05) is 24.3 Å². The van der Waals surface area contributed by atoms with Gasteiger partial charge in [-0.05, 0) is 55.3 Å². The number of carbonyl (C=O) groups is 1. The van der Waals surface area contributed by atoms with Crippen LogP contribution in [0.15, 0.2) is 52.1 Å². The van der Waals surface area contributed by atoms with E-state index in [4.69, 9.17) is 0 Å². The van der Waals surface area contributed by atoms with Crippen LogP contribution in [-0.2, 0) is 13.0 Å². The van der Waals surface area contributed by atoms with Crippen molar-refractivity contribution in [2.75, 3.05) is 5.32 Å². The van der Waals surface area contributed by atoms with Crippen LogP contribution in [0.1, 0.15) is 35.4 Å². The van der Waals surface area contributed by atoms with Crippen molar-refractivity contribution in [2.24, 2.45) is 0 Å². The van der Waals surface area contributed by atoms with Gasteiger partial charge in [0.15, 0.2) is 5.82 Å². The van der Waals surface area contributed by atoms with Crippen LogP contribution in [0.3, 0.4) is 0 Å². The number of hydrogen-bond donors (Lipinski definition) is 3. The first kappa shape index (κ1) is 19.0. The van der Waals surface area contributed by atoms with Gasteiger partial charge in [0.1, 0.15) is 5.82 Å². The second-order valence-corrected chi connectivity index (χ2v) is 7.60. The maximum absolute atomic E-state index is 12.7. The molecular weight excluding hydrogens is 396 g/mol. The van der Waals surface area contributed by atoms with Gasteiger partial charge in [-0.2, -0.15) is 0 Å². The van der Waals surface area contributed by atoms with Crippen LogP contribution in [0.5, 0.6) is 0 Å². The molecule has 3 N–H and O–H groups in total. The summed E-state index contributed by atoms with van der Waals surface area (Å²) in [7, 11) is 0. The molecule has 2 aromatic carbocycles. The van der Waals surface area contributed by atoms with Crippen molar-refractivity contribution in [1.82, 2.24) is 24.7 Å². The molecule has 156 valence electrons. The van der Waals surface area contributed by atoms with E-state index in [9.17, 15) is 14.4 Å². The fraction of sp³-hybridized carbons (Fsp3) is 0.227. The average Bonchev–Trinajstić information content (AvgIpc) is 3.02. The highest BCUT2D eigenvalue weighted by Gasteiger charge is 2.16. The number of carbonyl (C=O) groups excluding carboxylic acids is 1. The molecule has 0 unspecified atom stereocenters. The van der Waals surface area contributed by atoms with Gasteiger partial charge < -0.3 is 19.9 Å². The smallest absolute Gasteiger partial charge is 0.314 e. The highest BCUT2D eigenvalue weighted by molar-refractivity contribution is 6.05. The summed E-state index contributed by atoms with van der Waals surface area (Å²) in [6.45, 7) is 0.922. The zero-order chi connectivity index (χ0) is 21.4. The molecule has 0 atom stereocenters. The Balaban J connectivity index is 1.36. The van der Waals surface area contributed by atoms with Crippen molar-refractivity contribution in [2.45, 2.75) is 32.2 Å². The Kier molecular flexibility index (Phi) is 4.70. The van der Waals surface area contributed by atoms with Crippen LogP contribution in [0.25, 0.3) is 22.4 Å². The number of aryl methyl sites for hydroxylation is 1. The molecule has 0 radical (unpaired) electrons. The third-order valence-corrected chi connectivity index (χ3v) is 5.49. The molecule has 0 fully saturated rings. The summed E-state index contributed by atoms with van der Waals surface area (Å²) in [5, 5.41) is 11.5. The molecule has 4 aromatic rings. The predicted molar refractivity (Wildman–Crippen MR) is 116 cm³/mol. The number of anilines is 1. The second-order valence-electron chi connectivity index (χ2n) is 7.60. The lowest BCUT2D eigenvalue weighted by Crippen LogP contribution is -2.29. The van der Waals surface area contributed by atoms with Gasteiger partial charge in [-0.15, -0.1) is 10.2 Å². The first-order valence-electron chi connectivity index (χ1n) is 10.2. The van der Waals surface area contributed by atoms with Crippen molar-refractivity contribution in [1.29, 1.82) is 0 Å². The molecule has 1 amide bonds. The van der Waals surface area contributed by atoms with Crippen molar-refractivity contribution in [3.05, 3.63) is 74.6 Å². The van der Waals surface area contributed by atoms with Gasteiger partial charge in [-0.25, -0.2) is 0 Å². The summed E-state index contributed by atoms with van der Waals surface area (Å²) < 4.78 is 2.18. The molecule has 9 nitrogen and oxygen atoms in total. The fourth-order valence-electron chi connectivity index (χ4n) is 3.86. The molecule has 1 aliphatic heterocycles. The molecule has 9 heteroatoms. The molecular formula is C22H20N6O3. The van der Waals surface area contributed by atoms with Gasteiger partial charge in [-0.3, -0.25) is 14.4 Å². The van der Waals surface area contributed by atoms with E-state index < -0.39 is 11.1 Å². The molecule has 0 saturated heterocycles. The van der Waals surface area contributed by atoms with E-state index in [2.05, 4.69) is 30.0 Å². The first-order valence-corrected chi connectivity index (χ1v) is 10.2. The minimum absolute atomic E-state index is 0.321. The van der Waals surface area contributed by atoms with Gasteiger partial charge >= 0.3 is 11.1 Å². The Morgan fingerprint density at radius 2 is 1.68 bits per heavy atom. The highest BCUT2D eigenvalue weighted by Crippen LogP contribution is 2.24. The maximum Gasteiger partial charge on any atom is 0.314 e. The molecule has 0 saturated carbocycles. The topological polar surface area (TPSA) is 126 Å². The van der Waals surface area contributed by atoms with E-state index in [0.717, 1.165) is 43.0 Å². The quantitative estimate of drug-likeness (QED) is 0.442. The van der Waals surface area contributed by atoms with Crippen LogP contribution >= 0.6 is 0 Å². The van der Waals surface area contributed by atoms with Crippen molar-refractivity contribution in [3.8, 4) is 11.4 Å². The SMILES string of the molecule is O=C(Nc1ccc(-c2nnc3n2CCCCC3)cc1)c1ccc2[nH]c(=O)c(=O)[nH]c2c1. The minimum atomic E-state index is -0.757. The summed E-state index contributed by atoms with van der Waals surface area (Å²) in [5.41, 5.74) is 1.31. The Morgan fingerprint density at radius 3 is 2.48 bits per heavy atom. The number of nitrogens with one attached hydrogen (secondary N) is 3. The maximum atomic E-state index is 12.7. The second kappa shape index (κ2) is 7.67. The van der Waals surface area contributed by atoms with Gasteiger partial charge in [0, 0.05) is 29.8 Å². The van der Waals surface area contributed by atoms with Crippen molar-refractivity contribution < 1.29 is 4.79 Å². The summed E-state index contributed by atoms with van der Waals surface area (Å²) >= 11 is 0. The number of benzene rings is 2. The lowest BCUT2D eigenvalue weighted by Gasteiger charge is -2.09. The fourth-order valence-corrected chi connectivity index (χ4v) is 3.86. The number of fused-ring (bicyclic) bond motifs is 2. The number of hydrogen-bond acceptors (Lipinski definition) is 5. The lowest BCUT2D eigenvalue weighted by molar-refractivity contribution is 0.102. The standard InChI is InChI=1S/C22H20N6O3/c29-20(14-7-10-16-17(12-14)25-22(31)21(30)24-16)23-15-8-5-13(6-9-15)19-27-26-18-4-2-1-3-11-28(18)19/h5-10,12H,1-4,11H2,(H,23,29)(H,24,30)(H,25,31). The molecule has 1 aliphatic rings. The minimum Gasteiger partial charge on any atom is -0.322 e. The monoisotopic (exact) mass is 416 g/mol. The van der Waals surface area contributed by atoms with Crippen LogP contribution < -0.4 is 16.4 Å². The predicted octanol–water partition coefficient (Wildman–Crippen LogP) is 2.45. The summed E-state index contributed by atoms with van der Waals surface area (Å²) in [4.78, 5) is 40.5. The Labute approximate surface area is 176 Å². The Bertz CT molecular complexity index is 1400. The van der Waals surface area contributed by atoms with Crippen LogP contribution in [0.2, 0.25) is 0 Å². The van der Waals surface area contributed by atoms with Crippen molar-refractivity contribution >= 4 is 22.6 Å². The largest absolute Gasteiger partial charge is 0.322 e. The zero-order valence-electron chi connectivity index (χ0n) is 16.6. The molecule has 31 heavy (non-hydrogen) atoms. The molecule has 0 aliphatic carbocycles. The first-order chi connectivity index (χ1) is 15.1. The highest BCUT2D eigenvalue weighted by atomic mass is 16.2. The van der Waals surface area contributed by atoms with Crippen LogP contribution in [0.4, 0.5) is 5.69 Å². The Morgan fingerprint density at radius 1 is 0.903 bits per heavy atom. The van der Waals surface area contributed by atoms with Gasteiger partial charge in [0.05, 0.1) is 11.0 Å². The molecule has 0 spiro atoms. The number of rotatable bonds is 3. The normalized spacial score (nSPS) is 13.5. The van der Waals surface area contributed by atoms with Crippen LogP contribution in [-0.4, -0.2) is 30.6 Å². The average molecular weight is 416 g/mol. The number of amides is 1. The van der Waals surface area contributed by atoms with Crippen LogP contribution in [0, 0.1) is 0 Å². The third kappa shape index (κ3) is 3.65. The Hall–Kier alpha value is -4.01. The number of aromatic amines is 2.